The van der Waals surface area contributed by atoms with Crippen molar-refractivity contribution in [2.24, 2.45) is 10.3 Å². The highest BCUT2D eigenvalue weighted by atomic mass is 79.9. The molecule has 104 valence electrons. The predicted molar refractivity (Wildman–Crippen MR) is 94.4 cm³/mol. The Morgan fingerprint density at radius 2 is 1.78 bits per heavy atom. The van der Waals surface area contributed by atoms with Crippen LogP contribution in [0.3, 0.4) is 0 Å². The van der Waals surface area contributed by atoms with Gasteiger partial charge in [0, 0.05) is 21.1 Å². The molecule has 1 aromatic rings. The van der Waals surface area contributed by atoms with Crippen LogP contribution in [-0.4, -0.2) is 12.5 Å². The van der Waals surface area contributed by atoms with Crippen LogP contribution in [-0.2, 0) is 0 Å². The molecule has 0 atom stereocenters. The van der Waals surface area contributed by atoms with Crippen molar-refractivity contribution in [3.05, 3.63) is 28.2 Å². The third-order valence-corrected chi connectivity index (χ3v) is 2.79. The van der Waals surface area contributed by atoms with Crippen molar-refractivity contribution in [3.8, 4) is 0 Å². The molecule has 0 heterocycles. The maximum Gasteiger partial charge on any atom is 0.0432 e. The van der Waals surface area contributed by atoms with Crippen LogP contribution in [0.5, 0.6) is 0 Å². The van der Waals surface area contributed by atoms with Gasteiger partial charge in [0.2, 0.25) is 0 Å². The van der Waals surface area contributed by atoms with E-state index in [1.54, 1.807) is 18.0 Å². The van der Waals surface area contributed by atoms with Gasteiger partial charge in [-0.2, -0.15) is 0 Å². The van der Waals surface area contributed by atoms with Gasteiger partial charge in [-0.05, 0) is 37.1 Å². The average Bonchev–Trinajstić information content (AvgIpc) is 2.33. The summed E-state index contributed by atoms with van der Waals surface area (Å²) in [4.78, 5) is 1.20. The first-order chi connectivity index (χ1) is 8.51. The number of thiol groups is 1. The van der Waals surface area contributed by atoms with Gasteiger partial charge in [-0.15, -0.1) is 11.8 Å². The first-order valence-corrected chi connectivity index (χ1v) is 8.44. The molecule has 0 unspecified atom stereocenters. The van der Waals surface area contributed by atoms with Crippen LogP contribution in [0.4, 0.5) is 0 Å². The molecule has 0 N–H and O–H groups in total. The largest absolute Gasteiger partial charge is 0.227 e. The van der Waals surface area contributed by atoms with E-state index in [1.807, 2.05) is 32.2 Å². The number of hydrogen-bond acceptors (Lipinski definition) is 3. The van der Waals surface area contributed by atoms with E-state index >= 15 is 0 Å². The van der Waals surface area contributed by atoms with Gasteiger partial charge < -0.3 is 0 Å². The highest BCUT2D eigenvalue weighted by molar-refractivity contribution is 9.10. The lowest BCUT2D eigenvalue weighted by molar-refractivity contribution is 0.737. The van der Waals surface area contributed by atoms with Crippen LogP contribution in [0.25, 0.3) is 0 Å². The molecule has 0 saturated carbocycles. The molecular formula is C14H24BrNS2. The van der Waals surface area contributed by atoms with Gasteiger partial charge in [-0.1, -0.05) is 56.6 Å². The van der Waals surface area contributed by atoms with Gasteiger partial charge in [0.15, 0.2) is 0 Å². The number of benzene rings is 1. The van der Waals surface area contributed by atoms with Crippen molar-refractivity contribution in [2.75, 3.05) is 6.26 Å². The first kappa shape index (κ1) is 20.4. The second-order valence-electron chi connectivity index (χ2n) is 3.86. The molecule has 0 fully saturated rings. The predicted octanol–water partition coefficient (Wildman–Crippen LogP) is 6.12. The molecule has 0 bridgehead atoms. The Kier molecular flexibility index (Phi) is 15.3. The Bertz CT molecular complexity index is 336. The summed E-state index contributed by atoms with van der Waals surface area (Å²) in [6, 6.07) is 6.07. The van der Waals surface area contributed by atoms with E-state index in [-0.39, 0.29) is 0 Å². The smallest absolute Gasteiger partial charge is 0.0432 e. The van der Waals surface area contributed by atoms with E-state index < -0.39 is 0 Å². The van der Waals surface area contributed by atoms with Gasteiger partial charge in [0.1, 0.15) is 0 Å². The molecule has 1 rings (SSSR count). The standard InChI is InChI=1S/C8H8BrNS2.C4H10.C2H6/c1-12-8-4-7(9)3-2-6(8)5-10-11;1-4(2)3;1-2/h2-5,11H,1H3;4H,1-3H3;1-2H3/b10-5+;;. The molecule has 4 heteroatoms. The topological polar surface area (TPSA) is 12.4 Å². The maximum absolute atomic E-state index is 3.79. The summed E-state index contributed by atoms with van der Waals surface area (Å²) in [5.74, 6) is 0.833. The summed E-state index contributed by atoms with van der Waals surface area (Å²) >= 11 is 8.90. The summed E-state index contributed by atoms with van der Waals surface area (Å²) in [5.41, 5.74) is 1.10. The average molecular weight is 350 g/mol. The summed E-state index contributed by atoms with van der Waals surface area (Å²) in [6.07, 6.45) is 3.78. The van der Waals surface area contributed by atoms with Crippen LogP contribution in [0.1, 0.15) is 40.2 Å². The summed E-state index contributed by atoms with van der Waals surface area (Å²) in [7, 11) is 0. The van der Waals surface area contributed by atoms with E-state index in [0.29, 0.717) is 0 Å². The van der Waals surface area contributed by atoms with Crippen molar-refractivity contribution in [2.45, 2.75) is 39.5 Å². The van der Waals surface area contributed by atoms with Crippen molar-refractivity contribution < 1.29 is 0 Å². The van der Waals surface area contributed by atoms with Crippen molar-refractivity contribution in [3.63, 3.8) is 0 Å². The second-order valence-corrected chi connectivity index (χ2v) is 5.86. The fourth-order valence-electron chi connectivity index (χ4n) is 0.854. The lowest BCUT2D eigenvalue weighted by atomic mass is 10.2. The molecule has 0 saturated heterocycles. The monoisotopic (exact) mass is 349 g/mol. The third kappa shape index (κ3) is 11.2. The zero-order chi connectivity index (χ0) is 14.6. The summed E-state index contributed by atoms with van der Waals surface area (Å²) < 4.78 is 4.77. The quantitative estimate of drug-likeness (QED) is 0.385. The van der Waals surface area contributed by atoms with Crippen LogP contribution >= 0.6 is 40.5 Å². The number of rotatable bonds is 2. The lowest BCUT2D eigenvalue weighted by Gasteiger charge is -2.01. The number of halogens is 1. The van der Waals surface area contributed by atoms with Gasteiger partial charge in [0.05, 0.1) is 0 Å². The maximum atomic E-state index is 3.79. The number of hydrogen-bond donors (Lipinski definition) is 1. The van der Waals surface area contributed by atoms with Crippen molar-refractivity contribution in [1.29, 1.82) is 0 Å². The molecular weight excluding hydrogens is 326 g/mol. The van der Waals surface area contributed by atoms with Gasteiger partial charge in [0.25, 0.3) is 0 Å². The molecule has 1 aromatic carbocycles. The van der Waals surface area contributed by atoms with E-state index in [9.17, 15) is 0 Å². The van der Waals surface area contributed by atoms with E-state index in [4.69, 9.17) is 0 Å². The fourth-order valence-corrected chi connectivity index (χ4v) is 2.09. The molecule has 1 nitrogen and oxygen atoms in total. The van der Waals surface area contributed by atoms with Gasteiger partial charge >= 0.3 is 0 Å². The van der Waals surface area contributed by atoms with Crippen LogP contribution in [0.15, 0.2) is 32.0 Å². The fraction of sp³-hybridized carbons (Fsp3) is 0.500. The molecule has 0 amide bonds. The van der Waals surface area contributed by atoms with E-state index in [1.165, 1.54) is 4.90 Å². The van der Waals surface area contributed by atoms with Crippen LogP contribution in [0.2, 0.25) is 0 Å². The minimum absolute atomic E-state index is 0.833. The van der Waals surface area contributed by atoms with Crippen LogP contribution < -0.4 is 0 Å². The van der Waals surface area contributed by atoms with Gasteiger partial charge in [-0.3, -0.25) is 0 Å². The van der Waals surface area contributed by atoms with Crippen molar-refractivity contribution >= 4 is 46.7 Å². The first-order valence-electron chi connectivity index (χ1n) is 6.02. The summed E-state index contributed by atoms with van der Waals surface area (Å²) in [5, 5.41) is 0. The molecule has 0 aromatic heterocycles. The zero-order valence-electron chi connectivity index (χ0n) is 12.1. The highest BCUT2D eigenvalue weighted by Crippen LogP contribution is 2.23. The zero-order valence-corrected chi connectivity index (χ0v) is 15.4. The Morgan fingerprint density at radius 3 is 2.17 bits per heavy atom. The SMILES string of the molecule is CC.CC(C)C.CSc1cc(Br)ccc1/C=N/S. The normalized spacial score (nSPS) is 9.61. The Balaban J connectivity index is 0. The summed E-state index contributed by atoms with van der Waals surface area (Å²) in [6.45, 7) is 10.5. The lowest BCUT2D eigenvalue weighted by Crippen LogP contribution is -1.83. The number of thioether (sulfide) groups is 1. The Hall–Kier alpha value is 0.0700. The van der Waals surface area contributed by atoms with E-state index in [0.717, 1.165) is 16.0 Å². The van der Waals surface area contributed by atoms with Gasteiger partial charge in [-0.25, -0.2) is 4.40 Å². The molecule has 0 aliphatic heterocycles. The third-order valence-electron chi connectivity index (χ3n) is 1.39. The Labute approximate surface area is 131 Å². The van der Waals surface area contributed by atoms with Crippen LogP contribution in [0, 0.1) is 5.92 Å². The minimum atomic E-state index is 0.833. The molecule has 0 aliphatic rings. The highest BCUT2D eigenvalue weighted by Gasteiger charge is 1.98. The molecule has 0 radical (unpaired) electrons. The Morgan fingerprint density at radius 1 is 1.28 bits per heavy atom. The van der Waals surface area contributed by atoms with E-state index in [2.05, 4.69) is 60.0 Å². The molecule has 0 spiro atoms. The molecule has 0 aliphatic carbocycles. The number of nitrogens with zero attached hydrogens (tertiary/aromatic N) is 1. The second kappa shape index (κ2) is 13.5. The molecule has 18 heavy (non-hydrogen) atoms. The minimum Gasteiger partial charge on any atom is -0.227 e. The van der Waals surface area contributed by atoms with Crippen molar-refractivity contribution in [1.82, 2.24) is 0 Å².